The van der Waals surface area contributed by atoms with Crippen molar-refractivity contribution in [3.63, 3.8) is 0 Å². The zero-order valence-corrected chi connectivity index (χ0v) is 21.6. The predicted molar refractivity (Wildman–Crippen MR) is 139 cm³/mol. The Bertz CT molecular complexity index is 1150. The van der Waals surface area contributed by atoms with Crippen LogP contribution >= 0.6 is 0 Å². The van der Waals surface area contributed by atoms with E-state index in [0.29, 0.717) is 13.0 Å². The molecule has 4 rings (SSSR count). The molecular weight excluding hydrogens is 436 g/mol. The summed E-state index contributed by atoms with van der Waals surface area (Å²) in [6.45, 7) is 13.3. The third-order valence-electron chi connectivity index (χ3n) is 6.29. The standard InChI is InChI=1S/C30H36N2O3/c1-28(2,3)27-34-26(33)30(35-27,22-14-9-7-10-15-22)20-23-16-13-17-24(31-23)21-32(29(4,5)6)25-18-11-8-12-19-25/h7-19,27H,20-21H2,1-6H3/t27-,30+/m1/s1. The number of carbonyl (C=O) groups is 1. The molecule has 3 aromatic rings. The monoisotopic (exact) mass is 472 g/mol. The second-order valence-corrected chi connectivity index (χ2v) is 11.3. The molecular formula is C30H36N2O3. The van der Waals surface area contributed by atoms with Crippen molar-refractivity contribution in [1.29, 1.82) is 0 Å². The van der Waals surface area contributed by atoms with E-state index in [2.05, 4.69) is 49.9 Å². The van der Waals surface area contributed by atoms with Crippen LogP contribution in [0.4, 0.5) is 5.69 Å². The maximum absolute atomic E-state index is 13.4. The Morgan fingerprint density at radius 3 is 2.00 bits per heavy atom. The Kier molecular flexibility index (Phi) is 6.74. The van der Waals surface area contributed by atoms with Crippen molar-refractivity contribution in [3.05, 3.63) is 95.8 Å². The normalized spacial score (nSPS) is 20.5. The van der Waals surface area contributed by atoms with Gasteiger partial charge in [-0.25, -0.2) is 4.79 Å². The lowest BCUT2D eigenvalue weighted by molar-refractivity contribution is -0.156. The Hall–Kier alpha value is -3.18. The zero-order valence-electron chi connectivity index (χ0n) is 21.6. The van der Waals surface area contributed by atoms with Gasteiger partial charge in [-0.15, -0.1) is 0 Å². The largest absolute Gasteiger partial charge is 0.433 e. The van der Waals surface area contributed by atoms with Crippen LogP contribution in [0.25, 0.3) is 0 Å². The SMILES string of the molecule is CC(C)(C)[C@@H]1OC(=O)[C@](Cc2cccc(CN(c3ccccc3)C(C)(C)C)n2)(c2ccccc2)O1. The molecule has 1 aliphatic rings. The van der Waals surface area contributed by atoms with Gasteiger partial charge in [-0.2, -0.15) is 0 Å². The van der Waals surface area contributed by atoms with E-state index >= 15 is 0 Å². The first kappa shape index (κ1) is 24.9. The number of ether oxygens (including phenoxy) is 2. The van der Waals surface area contributed by atoms with E-state index in [0.717, 1.165) is 22.6 Å². The summed E-state index contributed by atoms with van der Waals surface area (Å²) in [6, 6.07) is 26.0. The van der Waals surface area contributed by atoms with Crippen molar-refractivity contribution in [2.24, 2.45) is 5.41 Å². The van der Waals surface area contributed by atoms with E-state index in [1.807, 2.05) is 75.4 Å². The molecule has 184 valence electrons. The Morgan fingerprint density at radius 2 is 1.43 bits per heavy atom. The fraction of sp³-hybridized carbons (Fsp3) is 0.400. The van der Waals surface area contributed by atoms with Gasteiger partial charge in [-0.05, 0) is 50.6 Å². The summed E-state index contributed by atoms with van der Waals surface area (Å²) in [6.07, 6.45) is -0.329. The molecule has 5 heteroatoms. The minimum absolute atomic E-state index is 0.0946. The molecule has 35 heavy (non-hydrogen) atoms. The third kappa shape index (κ3) is 5.40. The maximum atomic E-state index is 13.4. The minimum Gasteiger partial charge on any atom is -0.433 e. The third-order valence-corrected chi connectivity index (χ3v) is 6.29. The Balaban J connectivity index is 1.67. The number of cyclic esters (lactones) is 1. The number of hydrogen-bond donors (Lipinski definition) is 0. The topological polar surface area (TPSA) is 51.7 Å². The predicted octanol–water partition coefficient (Wildman–Crippen LogP) is 6.27. The van der Waals surface area contributed by atoms with Gasteiger partial charge >= 0.3 is 5.97 Å². The van der Waals surface area contributed by atoms with Crippen LogP contribution in [0.3, 0.4) is 0 Å². The fourth-order valence-corrected chi connectivity index (χ4v) is 4.37. The van der Waals surface area contributed by atoms with Crippen LogP contribution < -0.4 is 4.90 Å². The molecule has 2 heterocycles. The first-order chi connectivity index (χ1) is 16.5. The lowest BCUT2D eigenvalue weighted by Gasteiger charge is -2.37. The molecule has 2 atom stereocenters. The summed E-state index contributed by atoms with van der Waals surface area (Å²) >= 11 is 0. The second-order valence-electron chi connectivity index (χ2n) is 11.3. The molecule has 1 aromatic heterocycles. The van der Waals surface area contributed by atoms with Crippen molar-refractivity contribution in [2.45, 2.75) is 71.9 Å². The number of aromatic nitrogens is 1. The average Bonchev–Trinajstić information content (AvgIpc) is 3.16. The van der Waals surface area contributed by atoms with E-state index in [4.69, 9.17) is 14.5 Å². The number of benzene rings is 2. The number of esters is 1. The Labute approximate surface area is 209 Å². The molecule has 0 unspecified atom stereocenters. The molecule has 0 aliphatic carbocycles. The highest BCUT2D eigenvalue weighted by atomic mass is 16.8. The van der Waals surface area contributed by atoms with Crippen LogP contribution in [0.1, 0.15) is 58.5 Å². The first-order valence-electron chi connectivity index (χ1n) is 12.2. The fourth-order valence-electron chi connectivity index (χ4n) is 4.37. The van der Waals surface area contributed by atoms with Gasteiger partial charge < -0.3 is 14.4 Å². The minimum atomic E-state index is -1.23. The van der Waals surface area contributed by atoms with Gasteiger partial charge in [0.15, 0.2) is 5.60 Å². The number of rotatable bonds is 6. The number of carbonyl (C=O) groups excluding carboxylic acids is 1. The number of nitrogens with zero attached hydrogens (tertiary/aromatic N) is 2. The summed E-state index contributed by atoms with van der Waals surface area (Å²) in [7, 11) is 0. The lowest BCUT2D eigenvalue weighted by atomic mass is 9.88. The van der Waals surface area contributed by atoms with E-state index in [9.17, 15) is 4.79 Å². The lowest BCUT2D eigenvalue weighted by Crippen LogP contribution is -2.41. The van der Waals surface area contributed by atoms with Crippen molar-refractivity contribution in [2.75, 3.05) is 4.90 Å². The number of anilines is 1. The summed E-state index contributed by atoms with van der Waals surface area (Å²) in [5, 5.41) is 0. The molecule has 0 bridgehead atoms. The molecule has 1 aliphatic heterocycles. The quantitative estimate of drug-likeness (QED) is 0.396. The van der Waals surface area contributed by atoms with Crippen LogP contribution in [0.5, 0.6) is 0 Å². The van der Waals surface area contributed by atoms with Gasteiger partial charge in [0.25, 0.3) is 0 Å². The van der Waals surface area contributed by atoms with E-state index in [1.165, 1.54) is 0 Å². The number of pyridine rings is 1. The highest BCUT2D eigenvalue weighted by Crippen LogP contribution is 2.42. The van der Waals surface area contributed by atoms with Crippen molar-refractivity contribution in [1.82, 2.24) is 4.98 Å². The number of hydrogen-bond acceptors (Lipinski definition) is 5. The van der Waals surface area contributed by atoms with Gasteiger partial charge in [0.1, 0.15) is 0 Å². The maximum Gasteiger partial charge on any atom is 0.346 e. The second kappa shape index (κ2) is 9.46. The summed E-state index contributed by atoms with van der Waals surface area (Å²) < 4.78 is 12.2. The van der Waals surface area contributed by atoms with Gasteiger partial charge in [-0.1, -0.05) is 75.4 Å². The molecule has 0 spiro atoms. The van der Waals surface area contributed by atoms with Gasteiger partial charge in [0.05, 0.1) is 12.2 Å². The van der Waals surface area contributed by atoms with Gasteiger partial charge in [0, 0.05) is 28.8 Å². The summed E-state index contributed by atoms with van der Waals surface area (Å²) in [5.41, 5.74) is 1.98. The van der Waals surface area contributed by atoms with E-state index in [1.54, 1.807) is 0 Å². The van der Waals surface area contributed by atoms with Gasteiger partial charge in [-0.3, -0.25) is 4.98 Å². The molecule has 1 fully saturated rings. The zero-order chi connectivity index (χ0) is 25.3. The Morgan fingerprint density at radius 1 is 0.829 bits per heavy atom. The van der Waals surface area contributed by atoms with Crippen LogP contribution in [0.2, 0.25) is 0 Å². The van der Waals surface area contributed by atoms with Crippen molar-refractivity contribution < 1.29 is 14.3 Å². The van der Waals surface area contributed by atoms with E-state index in [-0.39, 0.29) is 16.9 Å². The smallest absolute Gasteiger partial charge is 0.346 e. The summed E-state index contributed by atoms with van der Waals surface area (Å²) in [4.78, 5) is 20.7. The molecule has 0 radical (unpaired) electrons. The van der Waals surface area contributed by atoms with Crippen LogP contribution in [0, 0.1) is 5.41 Å². The van der Waals surface area contributed by atoms with Crippen LogP contribution in [0.15, 0.2) is 78.9 Å². The molecule has 2 aromatic carbocycles. The van der Waals surface area contributed by atoms with Crippen LogP contribution in [-0.2, 0) is 32.8 Å². The molecule has 0 amide bonds. The van der Waals surface area contributed by atoms with Crippen molar-refractivity contribution >= 4 is 11.7 Å². The van der Waals surface area contributed by atoms with Gasteiger partial charge in [0.2, 0.25) is 6.29 Å². The molecule has 0 N–H and O–H groups in total. The summed E-state index contributed by atoms with van der Waals surface area (Å²) in [5.74, 6) is -0.364. The number of para-hydroxylation sites is 1. The molecule has 5 nitrogen and oxygen atoms in total. The van der Waals surface area contributed by atoms with Crippen LogP contribution in [-0.4, -0.2) is 22.8 Å². The molecule has 0 saturated carbocycles. The first-order valence-corrected chi connectivity index (χ1v) is 12.2. The van der Waals surface area contributed by atoms with Crippen molar-refractivity contribution in [3.8, 4) is 0 Å². The van der Waals surface area contributed by atoms with E-state index < -0.39 is 11.9 Å². The molecule has 1 saturated heterocycles. The highest BCUT2D eigenvalue weighted by Gasteiger charge is 2.54. The highest BCUT2D eigenvalue weighted by molar-refractivity contribution is 5.83. The average molecular weight is 473 g/mol.